The van der Waals surface area contributed by atoms with Gasteiger partial charge in [-0.25, -0.2) is 0 Å². The summed E-state index contributed by atoms with van der Waals surface area (Å²) >= 11 is 3.50. The minimum atomic E-state index is 0.0512. The Labute approximate surface area is 166 Å². The number of aromatic nitrogens is 1. The molecule has 4 rings (SSSR count). The van der Waals surface area contributed by atoms with Crippen LogP contribution in [0.5, 0.6) is 5.75 Å². The minimum Gasteiger partial charge on any atom is -0.497 e. The molecule has 142 valence electrons. The number of furan rings is 1. The maximum Gasteiger partial charge on any atom is 0.258 e. The molecule has 0 aliphatic carbocycles. The van der Waals surface area contributed by atoms with Gasteiger partial charge in [0.25, 0.3) is 5.91 Å². The summed E-state index contributed by atoms with van der Waals surface area (Å²) in [6, 6.07) is 6.11. The fourth-order valence-corrected chi connectivity index (χ4v) is 4.57. The number of carbonyl (C=O) groups is 1. The van der Waals surface area contributed by atoms with Gasteiger partial charge in [-0.05, 0) is 72.3 Å². The first-order chi connectivity index (χ1) is 13.0. The number of halogens is 1. The lowest BCUT2D eigenvalue weighted by molar-refractivity contribution is 0.0710. The van der Waals surface area contributed by atoms with E-state index >= 15 is 0 Å². The number of carbonyl (C=O) groups excluding carboxylic acids is 1. The molecular formula is C21H23BrN2O3. The van der Waals surface area contributed by atoms with E-state index in [2.05, 4.69) is 39.2 Å². The van der Waals surface area contributed by atoms with E-state index in [1.165, 1.54) is 10.9 Å². The third kappa shape index (κ3) is 3.16. The van der Waals surface area contributed by atoms with Gasteiger partial charge in [-0.15, -0.1) is 0 Å². The number of piperidine rings is 1. The van der Waals surface area contributed by atoms with Crippen LogP contribution in [0.4, 0.5) is 0 Å². The van der Waals surface area contributed by atoms with Gasteiger partial charge in [0.2, 0.25) is 0 Å². The van der Waals surface area contributed by atoms with Gasteiger partial charge in [-0.2, -0.15) is 0 Å². The Bertz CT molecular complexity index is 996. The summed E-state index contributed by atoms with van der Waals surface area (Å²) in [6.07, 6.45) is 4.00. The fraction of sp³-hybridized carbons (Fsp3) is 0.381. The van der Waals surface area contributed by atoms with Crippen LogP contribution in [0.1, 0.15) is 46.2 Å². The van der Waals surface area contributed by atoms with Crippen molar-refractivity contribution in [3.05, 3.63) is 51.5 Å². The number of likely N-dealkylation sites (tertiary alicyclic amines) is 1. The zero-order valence-corrected chi connectivity index (χ0v) is 17.4. The van der Waals surface area contributed by atoms with Gasteiger partial charge in [0.05, 0.1) is 17.1 Å². The van der Waals surface area contributed by atoms with Crippen LogP contribution in [0.3, 0.4) is 0 Å². The highest BCUT2D eigenvalue weighted by Crippen LogP contribution is 2.36. The minimum absolute atomic E-state index is 0.0512. The number of aryl methyl sites for hydroxylation is 2. The normalized spacial score (nSPS) is 15.5. The first-order valence-corrected chi connectivity index (χ1v) is 9.98. The summed E-state index contributed by atoms with van der Waals surface area (Å²) in [7, 11) is 1.69. The number of benzene rings is 1. The maximum absolute atomic E-state index is 13.0. The van der Waals surface area contributed by atoms with E-state index in [-0.39, 0.29) is 5.91 Å². The molecule has 1 saturated heterocycles. The number of ether oxygens (including phenoxy) is 1. The zero-order valence-electron chi connectivity index (χ0n) is 15.8. The van der Waals surface area contributed by atoms with E-state index in [4.69, 9.17) is 9.15 Å². The number of amides is 1. The molecule has 1 aromatic carbocycles. The highest BCUT2D eigenvalue weighted by molar-refractivity contribution is 9.10. The summed E-state index contributed by atoms with van der Waals surface area (Å²) in [4.78, 5) is 18.3. The molecule has 0 saturated carbocycles. The Morgan fingerprint density at radius 1 is 1.26 bits per heavy atom. The molecule has 6 heteroatoms. The van der Waals surface area contributed by atoms with Crippen molar-refractivity contribution in [3.8, 4) is 5.75 Å². The van der Waals surface area contributed by atoms with E-state index in [1.807, 2.05) is 24.8 Å². The Morgan fingerprint density at radius 3 is 2.63 bits per heavy atom. The molecule has 27 heavy (non-hydrogen) atoms. The standard InChI is InChI=1S/C21H23BrN2O3/c1-12-19(20(22)13(2)27-12)21(25)24-8-6-14(7-9-24)17-11-23-18-5-4-15(26-3)10-16(17)18/h4-5,10-11,14,23H,6-9H2,1-3H3. The van der Waals surface area contributed by atoms with E-state index in [1.54, 1.807) is 7.11 Å². The summed E-state index contributed by atoms with van der Waals surface area (Å²) in [5.41, 5.74) is 3.09. The topological polar surface area (TPSA) is 58.5 Å². The van der Waals surface area contributed by atoms with Gasteiger partial charge in [0, 0.05) is 30.2 Å². The Kier molecular flexibility index (Phi) is 4.76. The van der Waals surface area contributed by atoms with Crippen molar-refractivity contribution in [2.75, 3.05) is 20.2 Å². The van der Waals surface area contributed by atoms with Crippen molar-refractivity contribution < 1.29 is 13.9 Å². The molecule has 1 aliphatic rings. The average Bonchev–Trinajstić information content (AvgIpc) is 3.21. The van der Waals surface area contributed by atoms with Gasteiger partial charge in [-0.1, -0.05) is 0 Å². The average molecular weight is 431 g/mol. The number of H-pyrrole nitrogens is 1. The Balaban J connectivity index is 1.51. The van der Waals surface area contributed by atoms with Crippen molar-refractivity contribution in [1.82, 2.24) is 9.88 Å². The molecule has 3 aromatic rings. The molecule has 5 nitrogen and oxygen atoms in total. The lowest BCUT2D eigenvalue weighted by atomic mass is 9.89. The van der Waals surface area contributed by atoms with Crippen LogP contribution < -0.4 is 4.74 Å². The summed E-state index contributed by atoms with van der Waals surface area (Å²) in [6.45, 7) is 5.20. The van der Waals surface area contributed by atoms with E-state index in [9.17, 15) is 4.79 Å². The third-order valence-corrected chi connectivity index (χ3v) is 6.50. The molecule has 1 aliphatic heterocycles. The predicted molar refractivity (Wildman–Crippen MR) is 109 cm³/mol. The predicted octanol–water partition coefficient (Wildman–Crippen LogP) is 5.17. The van der Waals surface area contributed by atoms with E-state index in [0.717, 1.165) is 47.4 Å². The highest BCUT2D eigenvalue weighted by atomic mass is 79.9. The number of hydrogen-bond donors (Lipinski definition) is 1. The highest BCUT2D eigenvalue weighted by Gasteiger charge is 2.29. The van der Waals surface area contributed by atoms with Gasteiger partial charge in [0.1, 0.15) is 17.3 Å². The number of nitrogens with one attached hydrogen (secondary N) is 1. The molecule has 0 bridgehead atoms. The molecular weight excluding hydrogens is 408 g/mol. The number of fused-ring (bicyclic) bond motifs is 1. The SMILES string of the molecule is COc1ccc2[nH]cc(C3CCN(C(=O)c4c(C)oc(C)c4Br)CC3)c2c1. The molecule has 1 N–H and O–H groups in total. The van der Waals surface area contributed by atoms with Gasteiger partial charge in [-0.3, -0.25) is 4.79 Å². The lowest BCUT2D eigenvalue weighted by Crippen LogP contribution is -2.38. The molecule has 2 aromatic heterocycles. The molecule has 0 spiro atoms. The number of rotatable bonds is 3. The quantitative estimate of drug-likeness (QED) is 0.623. The molecule has 0 unspecified atom stereocenters. The van der Waals surface area contributed by atoms with Crippen LogP contribution >= 0.6 is 15.9 Å². The summed E-state index contributed by atoms with van der Waals surface area (Å²) < 4.78 is 11.7. The van der Waals surface area contributed by atoms with Crippen LogP contribution in [0.15, 0.2) is 33.3 Å². The van der Waals surface area contributed by atoms with Gasteiger partial charge < -0.3 is 19.0 Å². The van der Waals surface area contributed by atoms with E-state index < -0.39 is 0 Å². The van der Waals surface area contributed by atoms with Crippen molar-refractivity contribution >= 4 is 32.7 Å². The second-order valence-corrected chi connectivity index (χ2v) is 7.92. The number of methoxy groups -OCH3 is 1. The number of nitrogens with zero attached hydrogens (tertiary/aromatic N) is 1. The van der Waals surface area contributed by atoms with Crippen LogP contribution in [0, 0.1) is 13.8 Å². The lowest BCUT2D eigenvalue weighted by Gasteiger charge is -2.32. The molecule has 1 amide bonds. The Hall–Kier alpha value is -2.21. The van der Waals surface area contributed by atoms with Crippen LogP contribution in [-0.2, 0) is 0 Å². The number of hydrogen-bond acceptors (Lipinski definition) is 3. The van der Waals surface area contributed by atoms with Crippen molar-refractivity contribution in [2.45, 2.75) is 32.6 Å². The summed E-state index contributed by atoms with van der Waals surface area (Å²) in [5.74, 6) is 2.78. The van der Waals surface area contributed by atoms with Crippen molar-refractivity contribution in [1.29, 1.82) is 0 Å². The van der Waals surface area contributed by atoms with Crippen LogP contribution in [-0.4, -0.2) is 36.0 Å². The number of aromatic amines is 1. The Morgan fingerprint density at radius 2 is 2.00 bits per heavy atom. The second kappa shape index (κ2) is 7.08. The van der Waals surface area contributed by atoms with Crippen LogP contribution in [0.2, 0.25) is 0 Å². The second-order valence-electron chi connectivity index (χ2n) is 7.13. The first-order valence-electron chi connectivity index (χ1n) is 9.19. The molecule has 0 radical (unpaired) electrons. The van der Waals surface area contributed by atoms with Crippen molar-refractivity contribution in [3.63, 3.8) is 0 Å². The largest absolute Gasteiger partial charge is 0.497 e. The molecule has 1 fully saturated rings. The third-order valence-electron chi connectivity index (χ3n) is 5.54. The van der Waals surface area contributed by atoms with Crippen LogP contribution in [0.25, 0.3) is 10.9 Å². The summed E-state index contributed by atoms with van der Waals surface area (Å²) in [5, 5.41) is 1.21. The monoisotopic (exact) mass is 430 g/mol. The molecule has 0 atom stereocenters. The molecule has 3 heterocycles. The van der Waals surface area contributed by atoms with Gasteiger partial charge in [0.15, 0.2) is 0 Å². The first kappa shape index (κ1) is 18.2. The van der Waals surface area contributed by atoms with Gasteiger partial charge >= 0.3 is 0 Å². The maximum atomic E-state index is 13.0. The van der Waals surface area contributed by atoms with E-state index in [0.29, 0.717) is 17.2 Å². The van der Waals surface area contributed by atoms with Crippen molar-refractivity contribution in [2.24, 2.45) is 0 Å². The fourth-order valence-electron chi connectivity index (χ4n) is 4.04. The smallest absolute Gasteiger partial charge is 0.258 e. The zero-order chi connectivity index (χ0) is 19.1.